The van der Waals surface area contributed by atoms with Crippen LogP contribution in [0.5, 0.6) is 11.5 Å². The summed E-state index contributed by atoms with van der Waals surface area (Å²) in [5.74, 6) is 0.989. The molecular weight excluding hydrogens is 454 g/mol. The maximum absolute atomic E-state index is 12.2. The van der Waals surface area contributed by atoms with Gasteiger partial charge >= 0.3 is 0 Å². The third-order valence-corrected chi connectivity index (χ3v) is 5.00. The number of nitrogens with one attached hydrogen (secondary N) is 1. The first kappa shape index (κ1) is 21.0. The zero-order chi connectivity index (χ0) is 20.6. The summed E-state index contributed by atoms with van der Waals surface area (Å²) in [6.45, 7) is 0.400. The molecule has 0 atom stereocenters. The van der Waals surface area contributed by atoms with E-state index >= 15 is 0 Å². The monoisotopic (exact) mass is 471 g/mol. The number of hydrogen-bond acceptors (Lipinski definition) is 3. The molecular formula is C23H19BrClNO3. The molecule has 4 nitrogen and oxygen atoms in total. The van der Waals surface area contributed by atoms with E-state index in [2.05, 4.69) is 21.2 Å². The van der Waals surface area contributed by atoms with Gasteiger partial charge in [-0.15, -0.1) is 0 Å². The van der Waals surface area contributed by atoms with Crippen LogP contribution in [-0.2, 0) is 11.4 Å². The summed E-state index contributed by atoms with van der Waals surface area (Å²) in [6, 6.07) is 20.4. The molecule has 0 unspecified atom stereocenters. The van der Waals surface area contributed by atoms with Gasteiger partial charge in [0.15, 0.2) is 11.5 Å². The van der Waals surface area contributed by atoms with Crippen LogP contribution in [0, 0.1) is 0 Å². The van der Waals surface area contributed by atoms with E-state index < -0.39 is 0 Å². The van der Waals surface area contributed by atoms with E-state index in [9.17, 15) is 4.79 Å². The second-order valence-electron chi connectivity index (χ2n) is 6.13. The Labute approximate surface area is 183 Å². The summed E-state index contributed by atoms with van der Waals surface area (Å²) in [6.07, 6.45) is 3.19. The Morgan fingerprint density at radius 1 is 1.07 bits per heavy atom. The zero-order valence-electron chi connectivity index (χ0n) is 15.7. The molecule has 0 aliphatic heterocycles. The predicted molar refractivity (Wildman–Crippen MR) is 121 cm³/mol. The average Bonchev–Trinajstić information content (AvgIpc) is 2.74. The van der Waals surface area contributed by atoms with E-state index in [1.54, 1.807) is 13.2 Å². The average molecular weight is 473 g/mol. The van der Waals surface area contributed by atoms with Crippen molar-refractivity contribution >= 4 is 45.2 Å². The lowest BCUT2D eigenvalue weighted by atomic mass is 10.2. The number of halogens is 2. The van der Waals surface area contributed by atoms with Gasteiger partial charge in [-0.3, -0.25) is 4.79 Å². The number of anilines is 1. The Hall–Kier alpha value is -2.76. The molecule has 3 aromatic carbocycles. The highest BCUT2D eigenvalue weighted by molar-refractivity contribution is 9.10. The largest absolute Gasteiger partial charge is 0.493 e. The van der Waals surface area contributed by atoms with Gasteiger partial charge in [-0.1, -0.05) is 41.9 Å². The van der Waals surface area contributed by atoms with Crippen LogP contribution in [0.15, 0.2) is 77.3 Å². The van der Waals surface area contributed by atoms with E-state index in [-0.39, 0.29) is 5.91 Å². The van der Waals surface area contributed by atoms with Crippen molar-refractivity contribution in [3.63, 3.8) is 0 Å². The molecule has 3 rings (SSSR count). The second kappa shape index (κ2) is 10.1. The van der Waals surface area contributed by atoms with Gasteiger partial charge in [-0.2, -0.15) is 0 Å². The van der Waals surface area contributed by atoms with Crippen molar-refractivity contribution in [1.29, 1.82) is 0 Å². The number of amides is 1. The normalized spacial score (nSPS) is 10.7. The molecule has 0 saturated heterocycles. The Morgan fingerprint density at radius 2 is 1.83 bits per heavy atom. The number of carbonyl (C=O) groups is 1. The molecule has 29 heavy (non-hydrogen) atoms. The first-order valence-corrected chi connectivity index (χ1v) is 10.0. The molecule has 0 spiro atoms. The molecule has 3 aromatic rings. The van der Waals surface area contributed by atoms with Crippen LogP contribution in [0.2, 0.25) is 5.02 Å². The van der Waals surface area contributed by atoms with Crippen LogP contribution < -0.4 is 14.8 Å². The Balaban J connectivity index is 1.64. The van der Waals surface area contributed by atoms with Crippen LogP contribution in [-0.4, -0.2) is 13.0 Å². The molecule has 0 aliphatic rings. The first-order chi connectivity index (χ1) is 14.0. The number of hydrogen-bond donors (Lipinski definition) is 1. The van der Waals surface area contributed by atoms with Crippen molar-refractivity contribution < 1.29 is 14.3 Å². The van der Waals surface area contributed by atoms with E-state index in [1.807, 2.05) is 66.7 Å². The molecule has 0 fully saturated rings. The van der Waals surface area contributed by atoms with Gasteiger partial charge in [0.25, 0.3) is 0 Å². The predicted octanol–water partition coefficient (Wildman–Crippen LogP) is 6.34. The number of rotatable bonds is 7. The number of carbonyl (C=O) groups excluding carboxylic acids is 1. The van der Waals surface area contributed by atoms with Gasteiger partial charge in [0.05, 0.1) is 12.8 Å². The van der Waals surface area contributed by atoms with Crippen molar-refractivity contribution in [3.05, 3.63) is 93.4 Å². The fourth-order valence-corrected chi connectivity index (χ4v) is 3.07. The Bertz CT molecular complexity index is 1020. The zero-order valence-corrected chi connectivity index (χ0v) is 18.0. The van der Waals surface area contributed by atoms with Crippen molar-refractivity contribution in [1.82, 2.24) is 0 Å². The molecule has 1 amide bonds. The van der Waals surface area contributed by atoms with Gasteiger partial charge in [0.2, 0.25) is 5.91 Å². The number of methoxy groups -OCH3 is 1. The standard InChI is InChI=1S/C23H19BrClNO3/c1-28-22-14-16(9-13-23(27)26-20-5-3-2-4-19(20)24)8-12-21(22)29-15-17-6-10-18(25)11-7-17/h2-14H,15H2,1H3,(H,26,27)/b13-9+. The number of benzene rings is 3. The molecule has 0 aromatic heterocycles. The summed E-state index contributed by atoms with van der Waals surface area (Å²) in [4.78, 5) is 12.2. The van der Waals surface area contributed by atoms with Crippen LogP contribution in [0.4, 0.5) is 5.69 Å². The van der Waals surface area contributed by atoms with E-state index in [0.29, 0.717) is 28.8 Å². The maximum Gasteiger partial charge on any atom is 0.248 e. The molecule has 0 radical (unpaired) electrons. The van der Waals surface area contributed by atoms with Crippen LogP contribution in [0.3, 0.4) is 0 Å². The van der Waals surface area contributed by atoms with Crippen LogP contribution >= 0.6 is 27.5 Å². The van der Waals surface area contributed by atoms with Crippen LogP contribution in [0.25, 0.3) is 6.08 Å². The smallest absolute Gasteiger partial charge is 0.248 e. The van der Waals surface area contributed by atoms with Crippen molar-refractivity contribution in [2.75, 3.05) is 12.4 Å². The maximum atomic E-state index is 12.2. The third kappa shape index (κ3) is 6.11. The van der Waals surface area contributed by atoms with Gasteiger partial charge in [0, 0.05) is 15.6 Å². The van der Waals surface area contributed by atoms with Gasteiger partial charge in [-0.05, 0) is 69.5 Å². The lowest BCUT2D eigenvalue weighted by molar-refractivity contribution is -0.111. The highest BCUT2D eigenvalue weighted by Crippen LogP contribution is 2.29. The van der Waals surface area contributed by atoms with Gasteiger partial charge in [0.1, 0.15) is 6.61 Å². The highest BCUT2D eigenvalue weighted by Gasteiger charge is 2.06. The molecule has 6 heteroatoms. The molecule has 0 aliphatic carbocycles. The molecule has 0 saturated carbocycles. The summed E-state index contributed by atoms with van der Waals surface area (Å²) >= 11 is 9.31. The topological polar surface area (TPSA) is 47.6 Å². The van der Waals surface area contributed by atoms with Crippen molar-refractivity contribution in [2.45, 2.75) is 6.61 Å². The second-order valence-corrected chi connectivity index (χ2v) is 7.42. The van der Waals surface area contributed by atoms with E-state index in [4.69, 9.17) is 21.1 Å². The minimum atomic E-state index is -0.223. The number of para-hydroxylation sites is 1. The summed E-state index contributed by atoms with van der Waals surface area (Å²) in [5, 5.41) is 3.51. The summed E-state index contributed by atoms with van der Waals surface area (Å²) in [5.41, 5.74) is 2.54. The minimum absolute atomic E-state index is 0.223. The number of ether oxygens (including phenoxy) is 2. The van der Waals surface area contributed by atoms with Crippen molar-refractivity contribution in [2.24, 2.45) is 0 Å². The summed E-state index contributed by atoms with van der Waals surface area (Å²) < 4.78 is 12.1. The molecule has 0 bridgehead atoms. The lowest BCUT2D eigenvalue weighted by Crippen LogP contribution is -2.08. The van der Waals surface area contributed by atoms with Gasteiger partial charge < -0.3 is 14.8 Å². The summed E-state index contributed by atoms with van der Waals surface area (Å²) in [7, 11) is 1.58. The molecule has 0 heterocycles. The van der Waals surface area contributed by atoms with Crippen molar-refractivity contribution in [3.8, 4) is 11.5 Å². The Kier molecular flexibility index (Phi) is 7.33. The first-order valence-electron chi connectivity index (χ1n) is 8.84. The SMILES string of the molecule is COc1cc(/C=C/C(=O)Nc2ccccc2Br)ccc1OCc1ccc(Cl)cc1. The highest BCUT2D eigenvalue weighted by atomic mass is 79.9. The van der Waals surface area contributed by atoms with Gasteiger partial charge in [-0.25, -0.2) is 0 Å². The lowest BCUT2D eigenvalue weighted by Gasteiger charge is -2.11. The van der Waals surface area contributed by atoms with Crippen LogP contribution in [0.1, 0.15) is 11.1 Å². The molecule has 148 valence electrons. The fraction of sp³-hybridized carbons (Fsp3) is 0.0870. The van der Waals surface area contributed by atoms with E-state index in [1.165, 1.54) is 6.08 Å². The molecule has 1 N–H and O–H groups in total. The quantitative estimate of drug-likeness (QED) is 0.408. The van der Waals surface area contributed by atoms with E-state index in [0.717, 1.165) is 15.6 Å². The Morgan fingerprint density at radius 3 is 2.55 bits per heavy atom. The minimum Gasteiger partial charge on any atom is -0.493 e. The third-order valence-electron chi connectivity index (χ3n) is 4.05. The fourth-order valence-electron chi connectivity index (χ4n) is 2.56.